The summed E-state index contributed by atoms with van der Waals surface area (Å²) >= 11 is 0. The van der Waals surface area contributed by atoms with E-state index in [1.54, 1.807) is 0 Å². The zero-order valence-electron chi connectivity index (χ0n) is 23.0. The first-order chi connectivity index (χ1) is 18.0. The van der Waals surface area contributed by atoms with Crippen molar-refractivity contribution in [1.29, 1.82) is 0 Å². The Morgan fingerprint density at radius 2 is 1.55 bits per heavy atom. The van der Waals surface area contributed by atoms with Crippen LogP contribution in [0.5, 0.6) is 0 Å². The van der Waals surface area contributed by atoms with Gasteiger partial charge in [-0.25, -0.2) is 4.79 Å². The van der Waals surface area contributed by atoms with Crippen LogP contribution in [0.4, 0.5) is 11.4 Å². The van der Waals surface area contributed by atoms with Crippen molar-refractivity contribution < 1.29 is 14.7 Å². The van der Waals surface area contributed by atoms with Crippen molar-refractivity contribution in [3.05, 3.63) is 84.1 Å². The highest BCUT2D eigenvalue weighted by molar-refractivity contribution is 6.11. The van der Waals surface area contributed by atoms with E-state index in [0.29, 0.717) is 12.1 Å². The highest BCUT2D eigenvalue weighted by Crippen LogP contribution is 2.37. The number of aromatic nitrogens is 1. The van der Waals surface area contributed by atoms with Crippen molar-refractivity contribution in [1.82, 2.24) is 9.88 Å². The van der Waals surface area contributed by atoms with E-state index < -0.39 is 17.9 Å². The molecule has 1 amide bonds. The quantitative estimate of drug-likeness (QED) is 0.235. The van der Waals surface area contributed by atoms with Gasteiger partial charge in [-0.2, -0.15) is 0 Å². The van der Waals surface area contributed by atoms with Gasteiger partial charge in [0, 0.05) is 34.9 Å². The van der Waals surface area contributed by atoms with Crippen LogP contribution < -0.4 is 10.6 Å². The van der Waals surface area contributed by atoms with Gasteiger partial charge in [-0.15, -0.1) is 0 Å². The number of rotatable bonds is 8. The molecule has 4 aromatic rings. The van der Waals surface area contributed by atoms with E-state index in [2.05, 4.69) is 61.7 Å². The van der Waals surface area contributed by atoms with E-state index in [-0.39, 0.29) is 11.3 Å². The molecule has 6 nitrogen and oxygen atoms in total. The number of carbonyl (C=O) groups is 2. The molecule has 3 N–H and O–H groups in total. The Hall–Kier alpha value is -4.06. The predicted octanol–water partition coefficient (Wildman–Crippen LogP) is 7.12. The molecule has 0 saturated heterocycles. The van der Waals surface area contributed by atoms with Gasteiger partial charge in [0.2, 0.25) is 0 Å². The smallest absolute Gasteiger partial charge is 0.326 e. The second-order valence-electron chi connectivity index (χ2n) is 11.3. The number of fused-ring (bicyclic) bond motifs is 1. The molecule has 38 heavy (non-hydrogen) atoms. The minimum Gasteiger partial charge on any atom is -0.480 e. The average molecular weight is 512 g/mol. The van der Waals surface area contributed by atoms with Crippen molar-refractivity contribution >= 4 is 34.2 Å². The molecule has 3 aromatic carbocycles. The number of benzene rings is 3. The highest BCUT2D eigenvalue weighted by Gasteiger charge is 2.27. The van der Waals surface area contributed by atoms with Gasteiger partial charge in [0.05, 0.1) is 0 Å². The first-order valence-electron chi connectivity index (χ1n) is 13.0. The minimum atomic E-state index is -1.03. The molecule has 0 aliphatic carbocycles. The lowest BCUT2D eigenvalue weighted by Gasteiger charge is -2.19. The number of carboxylic acids is 1. The first-order valence-corrected chi connectivity index (χ1v) is 13.0. The van der Waals surface area contributed by atoms with E-state index in [1.807, 2.05) is 67.9 Å². The number of hydrogen-bond acceptors (Lipinski definition) is 3. The van der Waals surface area contributed by atoms with Gasteiger partial charge in [0.15, 0.2) is 0 Å². The monoisotopic (exact) mass is 511 g/mol. The van der Waals surface area contributed by atoms with Crippen LogP contribution in [0.2, 0.25) is 0 Å². The van der Waals surface area contributed by atoms with Crippen LogP contribution in [0.15, 0.2) is 72.8 Å². The fraction of sp³-hybridized carbons (Fsp3) is 0.312. The molecule has 0 saturated carbocycles. The van der Waals surface area contributed by atoms with Crippen molar-refractivity contribution in [2.45, 2.75) is 52.5 Å². The van der Waals surface area contributed by atoms with E-state index in [1.165, 1.54) is 5.56 Å². The number of aliphatic carboxylic acids is 1. The van der Waals surface area contributed by atoms with Crippen LogP contribution >= 0.6 is 0 Å². The summed E-state index contributed by atoms with van der Waals surface area (Å²) in [7, 11) is 1.85. The molecular formula is C32H37N3O3. The average Bonchev–Trinajstić information content (AvgIpc) is 3.15. The van der Waals surface area contributed by atoms with Crippen molar-refractivity contribution in [3.8, 4) is 11.1 Å². The molecule has 198 valence electrons. The van der Waals surface area contributed by atoms with Gasteiger partial charge in [-0.05, 0) is 59.2 Å². The fourth-order valence-corrected chi connectivity index (χ4v) is 4.82. The molecular weight excluding hydrogens is 474 g/mol. The van der Waals surface area contributed by atoms with E-state index in [4.69, 9.17) is 0 Å². The zero-order chi connectivity index (χ0) is 27.6. The topological polar surface area (TPSA) is 83.4 Å². The van der Waals surface area contributed by atoms with E-state index in [0.717, 1.165) is 33.4 Å². The lowest BCUT2D eigenvalue weighted by molar-refractivity contribution is -0.139. The Bertz CT molecular complexity index is 1450. The second kappa shape index (κ2) is 10.7. The molecule has 6 heteroatoms. The lowest BCUT2D eigenvalue weighted by Crippen LogP contribution is -2.42. The van der Waals surface area contributed by atoms with Crippen LogP contribution in [0.3, 0.4) is 0 Å². The summed E-state index contributed by atoms with van der Waals surface area (Å²) in [5, 5.41) is 16.9. The summed E-state index contributed by atoms with van der Waals surface area (Å²) in [6, 6.07) is 23.3. The van der Waals surface area contributed by atoms with Gasteiger partial charge >= 0.3 is 5.97 Å². The Balaban J connectivity index is 1.78. The van der Waals surface area contributed by atoms with Crippen molar-refractivity contribution in [3.63, 3.8) is 0 Å². The number of anilines is 2. The van der Waals surface area contributed by atoms with Crippen molar-refractivity contribution in [2.24, 2.45) is 13.0 Å². The summed E-state index contributed by atoms with van der Waals surface area (Å²) in [5.41, 5.74) is 6.22. The Kier molecular flexibility index (Phi) is 7.63. The first kappa shape index (κ1) is 27.0. The van der Waals surface area contributed by atoms with Gasteiger partial charge in [0.25, 0.3) is 5.91 Å². The molecule has 1 aromatic heterocycles. The predicted molar refractivity (Wildman–Crippen MR) is 155 cm³/mol. The lowest BCUT2D eigenvalue weighted by atomic mass is 9.87. The van der Waals surface area contributed by atoms with Crippen LogP contribution in [0.25, 0.3) is 22.0 Å². The maximum Gasteiger partial charge on any atom is 0.326 e. The third-order valence-electron chi connectivity index (χ3n) is 6.83. The summed E-state index contributed by atoms with van der Waals surface area (Å²) in [6.07, 6.45) is 0.355. The molecule has 0 aliphatic rings. The number of nitrogens with one attached hydrogen (secondary N) is 2. The van der Waals surface area contributed by atoms with Gasteiger partial charge in [-0.1, -0.05) is 77.1 Å². The van der Waals surface area contributed by atoms with Crippen molar-refractivity contribution in [2.75, 3.05) is 5.32 Å². The second-order valence-corrected chi connectivity index (χ2v) is 11.3. The Morgan fingerprint density at radius 1 is 0.921 bits per heavy atom. The number of aryl methyl sites for hydroxylation is 1. The summed E-state index contributed by atoms with van der Waals surface area (Å²) in [5.74, 6) is -1.30. The normalized spacial score (nSPS) is 12.5. The zero-order valence-corrected chi connectivity index (χ0v) is 23.0. The molecule has 1 atom stereocenters. The molecule has 0 spiro atoms. The molecule has 0 bridgehead atoms. The SMILES string of the molecule is CC(C)C[C@H](NC(=O)c1c(-c2ccccc2)c2cc(Nc3ccc(C(C)(C)C)cc3)ccc2n1C)C(=O)O. The number of carboxylic acid groups (broad SMARTS) is 1. The number of amides is 1. The summed E-state index contributed by atoms with van der Waals surface area (Å²) in [4.78, 5) is 25.5. The van der Waals surface area contributed by atoms with Gasteiger partial charge < -0.3 is 20.3 Å². The third-order valence-corrected chi connectivity index (χ3v) is 6.83. The highest BCUT2D eigenvalue weighted by atomic mass is 16.4. The molecule has 0 unspecified atom stereocenters. The van der Waals surface area contributed by atoms with Gasteiger partial charge in [0.1, 0.15) is 11.7 Å². The largest absolute Gasteiger partial charge is 0.480 e. The molecule has 0 fully saturated rings. The number of hydrogen-bond donors (Lipinski definition) is 3. The van der Waals surface area contributed by atoms with Crippen LogP contribution in [0, 0.1) is 5.92 Å². The van der Waals surface area contributed by atoms with Crippen LogP contribution in [-0.4, -0.2) is 27.6 Å². The van der Waals surface area contributed by atoms with Crippen LogP contribution in [-0.2, 0) is 17.3 Å². The molecule has 0 aliphatic heterocycles. The van der Waals surface area contributed by atoms with E-state index >= 15 is 0 Å². The maximum absolute atomic E-state index is 13.6. The summed E-state index contributed by atoms with van der Waals surface area (Å²) < 4.78 is 1.85. The maximum atomic E-state index is 13.6. The molecule has 4 rings (SSSR count). The fourth-order valence-electron chi connectivity index (χ4n) is 4.82. The number of nitrogens with zero attached hydrogens (tertiary/aromatic N) is 1. The minimum absolute atomic E-state index is 0.0812. The standard InChI is InChI=1S/C32H37N3O3/c1-20(2)18-26(31(37)38)34-30(36)29-28(21-10-8-7-9-11-21)25-19-24(16-17-27(25)35(29)6)33-23-14-12-22(13-15-23)32(3,4)5/h7-17,19-20,26,33H,18H2,1-6H3,(H,34,36)(H,37,38)/t26-/m0/s1. The molecule has 1 heterocycles. The number of carbonyl (C=O) groups excluding carboxylic acids is 1. The van der Waals surface area contributed by atoms with E-state index in [9.17, 15) is 14.7 Å². The van der Waals surface area contributed by atoms with Crippen LogP contribution in [0.1, 0.15) is 57.1 Å². The Labute approximate surface area is 224 Å². The third kappa shape index (κ3) is 5.75. The van der Waals surface area contributed by atoms with Gasteiger partial charge in [-0.3, -0.25) is 4.79 Å². The Morgan fingerprint density at radius 3 is 2.13 bits per heavy atom. The molecule has 0 radical (unpaired) electrons. The summed E-state index contributed by atoms with van der Waals surface area (Å²) in [6.45, 7) is 10.5.